The first-order valence-corrected chi connectivity index (χ1v) is 11.7. The number of hydrogen-bond acceptors (Lipinski definition) is 4. The predicted octanol–water partition coefficient (Wildman–Crippen LogP) is 4.69. The molecule has 34 heavy (non-hydrogen) atoms. The van der Waals surface area contributed by atoms with Crippen LogP contribution in [-0.4, -0.2) is 39.1 Å². The fourth-order valence-electron chi connectivity index (χ4n) is 5.32. The lowest BCUT2D eigenvalue weighted by Gasteiger charge is -2.21. The summed E-state index contributed by atoms with van der Waals surface area (Å²) >= 11 is 0. The number of aryl methyl sites for hydroxylation is 2. The zero-order valence-electron chi connectivity index (χ0n) is 19.1. The van der Waals surface area contributed by atoms with Crippen LogP contribution in [0.1, 0.15) is 36.1 Å². The molecule has 2 aliphatic rings. The Bertz CT molecular complexity index is 1240. The van der Waals surface area contributed by atoms with Gasteiger partial charge >= 0.3 is 11.9 Å². The van der Waals surface area contributed by atoms with E-state index in [1.54, 1.807) is 29.1 Å². The fourth-order valence-corrected chi connectivity index (χ4v) is 5.32. The summed E-state index contributed by atoms with van der Waals surface area (Å²) in [5.74, 6) is 0.527. The first kappa shape index (κ1) is 22.8. The molecule has 8 heteroatoms. The molecule has 2 aromatic heterocycles. The summed E-state index contributed by atoms with van der Waals surface area (Å²) in [5, 5.41) is 0. The van der Waals surface area contributed by atoms with Crippen LogP contribution in [0.3, 0.4) is 0 Å². The number of hydrogen-bond donors (Lipinski definition) is 0. The molecule has 0 spiro atoms. The van der Waals surface area contributed by atoms with Gasteiger partial charge in [-0.3, -0.25) is 9.55 Å². The number of piperidine rings is 1. The molecule has 0 amide bonds. The van der Waals surface area contributed by atoms with E-state index in [9.17, 15) is 18.0 Å². The van der Waals surface area contributed by atoms with Crippen molar-refractivity contribution in [1.29, 1.82) is 0 Å². The van der Waals surface area contributed by atoms with Crippen LogP contribution >= 0.6 is 0 Å². The summed E-state index contributed by atoms with van der Waals surface area (Å²) in [4.78, 5) is 23.3. The van der Waals surface area contributed by atoms with E-state index in [0.717, 1.165) is 55.7 Å². The van der Waals surface area contributed by atoms with Gasteiger partial charge in [-0.05, 0) is 74.5 Å². The second-order valence-corrected chi connectivity index (χ2v) is 9.50. The van der Waals surface area contributed by atoms with Gasteiger partial charge < -0.3 is 4.90 Å². The number of unbranched alkanes of at least 4 members (excludes halogenated alkanes) is 1. The zero-order valence-corrected chi connectivity index (χ0v) is 19.1. The highest BCUT2D eigenvalue weighted by molar-refractivity contribution is 5.60. The van der Waals surface area contributed by atoms with Gasteiger partial charge in [-0.25, -0.2) is 4.79 Å². The van der Waals surface area contributed by atoms with Gasteiger partial charge in [0, 0.05) is 48.7 Å². The lowest BCUT2D eigenvalue weighted by molar-refractivity contribution is -0.137. The molecule has 5 rings (SSSR count). The third kappa shape index (κ3) is 4.39. The van der Waals surface area contributed by atoms with Crippen molar-refractivity contribution in [3.63, 3.8) is 0 Å². The van der Waals surface area contributed by atoms with E-state index in [4.69, 9.17) is 0 Å². The van der Waals surface area contributed by atoms with Crippen molar-refractivity contribution in [3.8, 4) is 11.3 Å². The maximum atomic E-state index is 12.9. The third-order valence-electron chi connectivity index (χ3n) is 7.28. The predicted molar refractivity (Wildman–Crippen MR) is 123 cm³/mol. The van der Waals surface area contributed by atoms with Crippen LogP contribution < -0.4 is 5.69 Å². The summed E-state index contributed by atoms with van der Waals surface area (Å²) in [5.41, 5.74) is 2.53. The molecule has 3 heterocycles. The number of nitrogens with zero attached hydrogens (tertiary/aromatic N) is 4. The number of halogens is 3. The molecular weight excluding hydrogens is 441 g/mol. The molecule has 1 saturated heterocycles. The molecule has 178 valence electrons. The number of aromatic nitrogens is 3. The van der Waals surface area contributed by atoms with E-state index < -0.39 is 11.7 Å². The van der Waals surface area contributed by atoms with Crippen LogP contribution in [0.5, 0.6) is 0 Å². The first-order valence-electron chi connectivity index (χ1n) is 11.7. The number of alkyl halides is 3. The maximum absolute atomic E-state index is 12.9. The minimum atomic E-state index is -4.30. The zero-order chi connectivity index (χ0) is 23.9. The van der Waals surface area contributed by atoms with E-state index in [1.165, 1.54) is 12.1 Å². The average molecular weight is 469 g/mol. The van der Waals surface area contributed by atoms with Crippen LogP contribution in [0, 0.1) is 12.8 Å². The molecule has 2 atom stereocenters. The average Bonchev–Trinajstić information content (AvgIpc) is 3.38. The molecule has 1 aliphatic heterocycles. The van der Waals surface area contributed by atoms with E-state index in [0.29, 0.717) is 18.2 Å². The van der Waals surface area contributed by atoms with Crippen molar-refractivity contribution < 1.29 is 13.2 Å². The first-order chi connectivity index (χ1) is 16.3. The second-order valence-electron chi connectivity index (χ2n) is 9.50. The van der Waals surface area contributed by atoms with Gasteiger partial charge in [-0.15, -0.1) is 0 Å². The normalized spacial score (nSPS) is 22.1. The Labute approximate surface area is 196 Å². The molecule has 5 nitrogen and oxygen atoms in total. The van der Waals surface area contributed by atoms with Crippen LogP contribution in [0.25, 0.3) is 11.3 Å². The Morgan fingerprint density at radius 1 is 1.09 bits per heavy atom. The van der Waals surface area contributed by atoms with Crippen molar-refractivity contribution >= 4 is 0 Å². The number of fused-ring (bicyclic) bond motifs is 1. The highest BCUT2D eigenvalue weighted by Gasteiger charge is 2.60. The van der Waals surface area contributed by atoms with Crippen molar-refractivity contribution in [2.45, 2.75) is 44.3 Å². The van der Waals surface area contributed by atoms with Gasteiger partial charge in [0.2, 0.25) is 0 Å². The van der Waals surface area contributed by atoms with Gasteiger partial charge in [0.05, 0.1) is 11.3 Å². The van der Waals surface area contributed by atoms with E-state index in [1.807, 2.05) is 25.1 Å². The van der Waals surface area contributed by atoms with Crippen molar-refractivity contribution in [2.75, 3.05) is 19.6 Å². The highest BCUT2D eigenvalue weighted by Crippen LogP contribution is 2.59. The quantitative estimate of drug-likeness (QED) is 0.473. The summed E-state index contributed by atoms with van der Waals surface area (Å²) in [7, 11) is 0. The van der Waals surface area contributed by atoms with Crippen LogP contribution in [0.15, 0.2) is 59.7 Å². The lowest BCUT2D eigenvalue weighted by Crippen LogP contribution is -2.28. The molecule has 1 saturated carbocycles. The Morgan fingerprint density at radius 3 is 2.56 bits per heavy atom. The Morgan fingerprint density at radius 2 is 1.85 bits per heavy atom. The van der Waals surface area contributed by atoms with Crippen LogP contribution in [0.2, 0.25) is 0 Å². The molecule has 0 bridgehead atoms. The maximum Gasteiger partial charge on any atom is 0.416 e. The number of benzene rings is 1. The standard InChI is InChI=1S/C26H27F3N4O/c1-18-22(5-4-11-30-18)23-10-14-33(24(34)31-23)13-3-2-12-32-16-21-15-25(21,17-32)19-6-8-20(9-7-19)26(27,28)29/h4-11,14,21H,2-3,12-13,15-17H2,1H3/t21?,25-/m1/s1. The molecule has 3 aromatic rings. The summed E-state index contributed by atoms with van der Waals surface area (Å²) < 4.78 is 40.2. The lowest BCUT2D eigenvalue weighted by atomic mass is 9.94. The Hall–Kier alpha value is -3.00. The molecular formula is C26H27F3N4O. The van der Waals surface area contributed by atoms with Gasteiger partial charge in [0.1, 0.15) is 0 Å². The van der Waals surface area contributed by atoms with E-state index in [-0.39, 0.29) is 11.1 Å². The van der Waals surface area contributed by atoms with E-state index in [2.05, 4.69) is 14.9 Å². The SMILES string of the molecule is Cc1ncccc1-c1ccn(CCCCN2CC3C[C@]3(c3ccc(C(F)(F)F)cc3)C2)c(=O)n1. The minimum absolute atomic E-state index is 0.0191. The smallest absolute Gasteiger partial charge is 0.302 e. The molecule has 0 N–H and O–H groups in total. The molecule has 0 radical (unpaired) electrons. The van der Waals surface area contributed by atoms with Gasteiger partial charge in [0.15, 0.2) is 0 Å². The van der Waals surface area contributed by atoms with E-state index >= 15 is 0 Å². The largest absolute Gasteiger partial charge is 0.416 e. The van der Waals surface area contributed by atoms with Crippen LogP contribution in [-0.2, 0) is 18.1 Å². The molecule has 1 aromatic carbocycles. The summed E-state index contributed by atoms with van der Waals surface area (Å²) in [6.07, 6.45) is 2.08. The Kier molecular flexibility index (Phi) is 5.80. The summed E-state index contributed by atoms with van der Waals surface area (Å²) in [6.45, 7) is 5.31. The summed E-state index contributed by atoms with van der Waals surface area (Å²) in [6, 6.07) is 11.3. The van der Waals surface area contributed by atoms with Gasteiger partial charge in [0.25, 0.3) is 0 Å². The van der Waals surface area contributed by atoms with Crippen LogP contribution in [0.4, 0.5) is 13.2 Å². The number of rotatable bonds is 7. The van der Waals surface area contributed by atoms with Crippen molar-refractivity contribution in [3.05, 3.63) is 82.2 Å². The molecule has 2 fully saturated rings. The fraction of sp³-hybridized carbons (Fsp3) is 0.423. The van der Waals surface area contributed by atoms with Crippen molar-refractivity contribution in [2.24, 2.45) is 5.92 Å². The number of pyridine rings is 1. The topological polar surface area (TPSA) is 51.0 Å². The third-order valence-corrected chi connectivity index (χ3v) is 7.28. The van der Waals surface area contributed by atoms with Gasteiger partial charge in [-0.2, -0.15) is 18.2 Å². The molecule has 1 aliphatic carbocycles. The minimum Gasteiger partial charge on any atom is -0.302 e. The second kappa shape index (κ2) is 8.65. The van der Waals surface area contributed by atoms with Gasteiger partial charge in [-0.1, -0.05) is 12.1 Å². The Balaban J connectivity index is 1.12. The monoisotopic (exact) mass is 468 g/mol. The highest BCUT2D eigenvalue weighted by atomic mass is 19.4. The molecule has 1 unspecified atom stereocenters. The van der Waals surface area contributed by atoms with Crippen molar-refractivity contribution in [1.82, 2.24) is 19.4 Å². The number of likely N-dealkylation sites (tertiary alicyclic amines) is 1.